The summed E-state index contributed by atoms with van der Waals surface area (Å²) >= 11 is 0. The molecule has 2 fully saturated rings. The maximum absolute atomic E-state index is 12.6. The van der Waals surface area contributed by atoms with Crippen molar-refractivity contribution >= 4 is 0 Å². The zero-order valence-corrected chi connectivity index (χ0v) is 18.4. The van der Waals surface area contributed by atoms with Gasteiger partial charge in [0.2, 0.25) is 0 Å². The molecule has 1 aromatic carbocycles. The molecule has 0 saturated heterocycles. The Kier molecular flexibility index (Phi) is 4.86. The number of phenols is 1. The van der Waals surface area contributed by atoms with E-state index in [1.165, 1.54) is 12.8 Å². The van der Waals surface area contributed by atoms with Crippen LogP contribution in [0.5, 0.6) is 11.5 Å². The summed E-state index contributed by atoms with van der Waals surface area (Å²) in [4.78, 5) is 0. The Morgan fingerprint density at radius 2 is 2.03 bits per heavy atom. The van der Waals surface area contributed by atoms with Gasteiger partial charge in [0.25, 0.3) is 0 Å². The summed E-state index contributed by atoms with van der Waals surface area (Å²) in [7, 11) is 2.28. The van der Waals surface area contributed by atoms with Crippen molar-refractivity contribution in [3.63, 3.8) is 0 Å². The molecule has 0 bridgehead atoms. The molecule has 3 N–H and O–H groups in total. The number of likely N-dealkylation sites (N-methyl/N-ethyl adjacent to an activating group) is 1. The minimum absolute atomic E-state index is 0.0449. The fourth-order valence-corrected chi connectivity index (χ4v) is 6.52. The van der Waals surface area contributed by atoms with Gasteiger partial charge in [0.05, 0.1) is 38.3 Å². The topological polar surface area (TPSA) is 79.2 Å². The first-order valence-electron chi connectivity index (χ1n) is 11.7. The Hall–Kier alpha value is -1.34. The van der Waals surface area contributed by atoms with Crippen LogP contribution >= 0.6 is 0 Å². The molecular formula is C24H36NO5+. The van der Waals surface area contributed by atoms with E-state index in [4.69, 9.17) is 9.47 Å². The number of rotatable bonds is 7. The fraction of sp³-hybridized carbons (Fsp3) is 0.750. The number of ether oxygens (including phenoxy) is 2. The number of nitrogens with zero attached hydrogens (tertiary/aromatic N) is 1. The van der Waals surface area contributed by atoms with Crippen LogP contribution in [0, 0.1) is 5.92 Å². The van der Waals surface area contributed by atoms with E-state index in [0.29, 0.717) is 18.8 Å². The maximum Gasteiger partial charge on any atom is 0.165 e. The predicted octanol–water partition coefficient (Wildman–Crippen LogP) is 2.33. The third-order valence-corrected chi connectivity index (χ3v) is 8.33. The van der Waals surface area contributed by atoms with Crippen molar-refractivity contribution in [3.05, 3.63) is 23.3 Å². The highest BCUT2D eigenvalue weighted by Crippen LogP contribution is 2.60. The zero-order valence-electron chi connectivity index (χ0n) is 18.4. The predicted molar refractivity (Wildman–Crippen MR) is 113 cm³/mol. The average molecular weight is 419 g/mol. The summed E-state index contributed by atoms with van der Waals surface area (Å²) in [6.45, 7) is 6.83. The van der Waals surface area contributed by atoms with Crippen molar-refractivity contribution in [2.75, 3.05) is 26.7 Å². The largest absolute Gasteiger partial charge is 0.504 e. The van der Waals surface area contributed by atoms with Crippen LogP contribution in [0.4, 0.5) is 0 Å². The van der Waals surface area contributed by atoms with Crippen molar-refractivity contribution in [3.8, 4) is 11.5 Å². The molecule has 1 aromatic rings. The molecule has 30 heavy (non-hydrogen) atoms. The van der Waals surface area contributed by atoms with Gasteiger partial charge in [0, 0.05) is 30.9 Å². The van der Waals surface area contributed by atoms with E-state index >= 15 is 0 Å². The number of phenolic OH excluding ortho intramolecular Hbond substituents is 1. The first-order valence-corrected chi connectivity index (χ1v) is 11.7. The summed E-state index contributed by atoms with van der Waals surface area (Å²) in [6, 6.07) is 3.63. The molecule has 6 heteroatoms. The van der Waals surface area contributed by atoms with Crippen LogP contribution in [0.25, 0.3) is 0 Å². The molecule has 1 aliphatic heterocycles. The molecule has 3 aliphatic carbocycles. The lowest BCUT2D eigenvalue weighted by atomic mass is 9.59. The number of aromatic hydroxyl groups is 1. The normalized spacial score (nSPS) is 38.6. The molecule has 2 saturated carbocycles. The second-order valence-electron chi connectivity index (χ2n) is 10.2. The lowest BCUT2D eigenvalue weighted by Gasteiger charge is -2.58. The molecule has 0 radical (unpaired) electrons. The van der Waals surface area contributed by atoms with Gasteiger partial charge in [-0.15, -0.1) is 0 Å². The van der Waals surface area contributed by atoms with Crippen molar-refractivity contribution in [2.45, 2.75) is 81.8 Å². The van der Waals surface area contributed by atoms with Crippen LogP contribution < -0.4 is 4.74 Å². The zero-order chi connectivity index (χ0) is 21.3. The number of quaternary nitrogens is 1. The molecule has 5 rings (SSSR count). The Morgan fingerprint density at radius 3 is 2.70 bits per heavy atom. The standard InChI is InChI=1S/C24H35NO5/c1-4-10-29-19-12-17(27)23-21-20-15(8-9-16(26)22(20)30-23)11-18(24(19,21)28)25(3,5-2)13-14-6-7-14/h8-9,14,17-19,21,23,27-28H,4-7,10-13H2,1-3H3/p+1/t17-,18-,19?,21?,23+,24+,25?/m1/s1. The van der Waals surface area contributed by atoms with Crippen LogP contribution in [0.15, 0.2) is 12.1 Å². The third-order valence-electron chi connectivity index (χ3n) is 8.33. The summed E-state index contributed by atoms with van der Waals surface area (Å²) in [5, 5.41) is 34.0. The highest BCUT2D eigenvalue weighted by molar-refractivity contribution is 5.58. The quantitative estimate of drug-likeness (QED) is 0.593. The molecule has 4 aliphatic rings. The van der Waals surface area contributed by atoms with E-state index in [2.05, 4.69) is 20.9 Å². The summed E-state index contributed by atoms with van der Waals surface area (Å²) in [5.41, 5.74) is 0.865. The van der Waals surface area contributed by atoms with Gasteiger partial charge in [-0.05, 0) is 37.8 Å². The van der Waals surface area contributed by atoms with E-state index in [0.717, 1.165) is 47.5 Å². The number of benzene rings is 1. The van der Waals surface area contributed by atoms with Gasteiger partial charge in [-0.2, -0.15) is 0 Å². The molecule has 6 nitrogen and oxygen atoms in total. The molecule has 166 valence electrons. The molecule has 0 spiro atoms. The fourth-order valence-electron chi connectivity index (χ4n) is 6.52. The van der Waals surface area contributed by atoms with Crippen LogP contribution in [-0.2, 0) is 11.2 Å². The summed E-state index contributed by atoms with van der Waals surface area (Å²) in [5.74, 6) is 0.882. The maximum atomic E-state index is 12.6. The van der Waals surface area contributed by atoms with Gasteiger partial charge in [-0.3, -0.25) is 0 Å². The van der Waals surface area contributed by atoms with Gasteiger partial charge >= 0.3 is 0 Å². The molecule has 7 atom stereocenters. The number of hydrogen-bond donors (Lipinski definition) is 3. The number of hydrogen-bond acceptors (Lipinski definition) is 5. The Morgan fingerprint density at radius 1 is 1.27 bits per heavy atom. The lowest BCUT2D eigenvalue weighted by Crippen LogP contribution is -2.75. The molecule has 1 heterocycles. The average Bonchev–Trinajstić information content (AvgIpc) is 3.43. The van der Waals surface area contributed by atoms with Crippen molar-refractivity contribution in [1.29, 1.82) is 0 Å². The first-order chi connectivity index (χ1) is 14.3. The van der Waals surface area contributed by atoms with E-state index in [1.54, 1.807) is 6.07 Å². The van der Waals surface area contributed by atoms with Gasteiger partial charge in [-0.1, -0.05) is 13.0 Å². The lowest BCUT2D eigenvalue weighted by molar-refractivity contribution is -0.941. The van der Waals surface area contributed by atoms with Gasteiger partial charge in [0.1, 0.15) is 12.1 Å². The van der Waals surface area contributed by atoms with E-state index in [1.807, 2.05) is 6.07 Å². The summed E-state index contributed by atoms with van der Waals surface area (Å²) < 4.78 is 13.2. The van der Waals surface area contributed by atoms with Gasteiger partial charge in [-0.25, -0.2) is 0 Å². The van der Waals surface area contributed by atoms with Crippen molar-refractivity contribution in [2.24, 2.45) is 5.92 Å². The second kappa shape index (κ2) is 7.09. The van der Waals surface area contributed by atoms with Gasteiger partial charge in [0.15, 0.2) is 17.1 Å². The first kappa shape index (κ1) is 20.6. The van der Waals surface area contributed by atoms with Crippen molar-refractivity contribution in [1.82, 2.24) is 0 Å². The highest BCUT2D eigenvalue weighted by Gasteiger charge is 2.69. The number of aliphatic hydroxyl groups excluding tert-OH is 1. The van der Waals surface area contributed by atoms with E-state index < -0.39 is 23.9 Å². The molecule has 3 unspecified atom stereocenters. The highest BCUT2D eigenvalue weighted by atomic mass is 16.5. The molecule has 0 aromatic heterocycles. The van der Waals surface area contributed by atoms with Gasteiger partial charge < -0.3 is 29.3 Å². The van der Waals surface area contributed by atoms with E-state index in [-0.39, 0.29) is 17.7 Å². The van der Waals surface area contributed by atoms with Crippen molar-refractivity contribution < 1.29 is 29.3 Å². The molecule has 0 amide bonds. The minimum atomic E-state index is -1.15. The van der Waals surface area contributed by atoms with Crippen LogP contribution in [-0.4, -0.2) is 76.5 Å². The van der Waals surface area contributed by atoms with E-state index in [9.17, 15) is 15.3 Å². The monoisotopic (exact) mass is 418 g/mol. The van der Waals surface area contributed by atoms with Crippen LogP contribution in [0.2, 0.25) is 0 Å². The van der Waals surface area contributed by atoms with Crippen LogP contribution in [0.1, 0.15) is 56.6 Å². The minimum Gasteiger partial charge on any atom is -0.504 e. The smallest absolute Gasteiger partial charge is 0.165 e. The third kappa shape index (κ3) is 2.84. The SMILES string of the molecule is CCCOC1C[C@@H](O)[C@@H]2Oc3c(O)ccc4c3C2[C@]1(O)[C@H]([N+](C)(CC)CC1CC1)C4. The Labute approximate surface area is 179 Å². The summed E-state index contributed by atoms with van der Waals surface area (Å²) in [6.07, 6.45) is 2.76. The second-order valence-corrected chi connectivity index (χ2v) is 10.2. The Bertz CT molecular complexity index is 826. The Balaban J connectivity index is 1.66. The molecular weight excluding hydrogens is 382 g/mol. The van der Waals surface area contributed by atoms with Crippen LogP contribution in [0.3, 0.4) is 0 Å². The number of aliphatic hydroxyl groups is 2.